The summed E-state index contributed by atoms with van der Waals surface area (Å²) in [5.41, 5.74) is 0.941. The highest BCUT2D eigenvalue weighted by molar-refractivity contribution is 5.98. The Hall–Kier alpha value is -1.78. The maximum Gasteiger partial charge on any atom is 0.309 e. The van der Waals surface area contributed by atoms with E-state index in [0.29, 0.717) is 12.8 Å². The van der Waals surface area contributed by atoms with Crippen LogP contribution >= 0.6 is 0 Å². The van der Waals surface area contributed by atoms with Crippen molar-refractivity contribution in [2.24, 2.45) is 41.4 Å². The van der Waals surface area contributed by atoms with Crippen molar-refractivity contribution in [1.82, 2.24) is 0 Å². The summed E-state index contributed by atoms with van der Waals surface area (Å²) in [6, 6.07) is 0. The predicted molar refractivity (Wildman–Crippen MR) is 83.7 cm³/mol. The molecule has 0 aromatic heterocycles. The SMILES string of the molecule is C=C(C)[C@@H]1CC(=O)C2[C@H]3C(=O)C[C@H]4[C@H](OC(=O)[C@H]4[C@H]2C1)[C@@H]3C(C)=O. The molecule has 128 valence electrons. The van der Waals surface area contributed by atoms with Crippen LogP contribution in [0.2, 0.25) is 0 Å². The highest BCUT2D eigenvalue weighted by Gasteiger charge is 2.67. The summed E-state index contributed by atoms with van der Waals surface area (Å²) >= 11 is 0. The third kappa shape index (κ3) is 1.93. The molecule has 0 amide bonds. The standard InChI is InChI=1S/C19H22O5/c1-7(2)9-4-10-15-11-6-13(22)17(16(10)12(21)5-9)14(8(3)20)18(11)24-19(15)23/h9-11,14-18H,1,4-6H2,2-3H3/t9-,10+,11+,14+,15-,16?,17-,18-/m0/s1. The number of carbonyl (C=O) groups excluding carboxylic acids is 4. The van der Waals surface area contributed by atoms with E-state index in [1.807, 2.05) is 6.92 Å². The molecule has 5 nitrogen and oxygen atoms in total. The van der Waals surface area contributed by atoms with Crippen LogP contribution < -0.4 is 0 Å². The molecule has 0 aromatic carbocycles. The second kappa shape index (κ2) is 5.11. The van der Waals surface area contributed by atoms with Crippen LogP contribution in [0.5, 0.6) is 0 Å². The minimum absolute atomic E-state index is 0.0184. The number of esters is 1. The van der Waals surface area contributed by atoms with E-state index in [-0.39, 0.29) is 47.5 Å². The zero-order valence-electron chi connectivity index (χ0n) is 14.0. The van der Waals surface area contributed by atoms with Gasteiger partial charge in [-0.3, -0.25) is 19.2 Å². The molecule has 1 saturated heterocycles. The summed E-state index contributed by atoms with van der Waals surface area (Å²) in [5, 5.41) is 0. The lowest BCUT2D eigenvalue weighted by atomic mass is 9.61. The first-order valence-electron chi connectivity index (χ1n) is 8.73. The van der Waals surface area contributed by atoms with Crippen LogP contribution in [0, 0.1) is 41.4 Å². The summed E-state index contributed by atoms with van der Waals surface area (Å²) in [6.07, 6.45) is 0.781. The van der Waals surface area contributed by atoms with Crippen LogP contribution in [0.3, 0.4) is 0 Å². The molecule has 0 N–H and O–H groups in total. The van der Waals surface area contributed by atoms with Gasteiger partial charge in [0.05, 0.1) is 11.8 Å². The van der Waals surface area contributed by atoms with Gasteiger partial charge in [0, 0.05) is 30.6 Å². The quantitative estimate of drug-likeness (QED) is 0.569. The van der Waals surface area contributed by atoms with Crippen LogP contribution in [0.4, 0.5) is 0 Å². The van der Waals surface area contributed by atoms with Crippen molar-refractivity contribution in [3.63, 3.8) is 0 Å². The lowest BCUT2D eigenvalue weighted by Gasteiger charge is -2.41. The zero-order valence-corrected chi connectivity index (χ0v) is 14.0. The summed E-state index contributed by atoms with van der Waals surface area (Å²) in [7, 11) is 0. The molecule has 5 rings (SSSR count). The molecule has 4 bridgehead atoms. The number of hydrogen-bond donors (Lipinski definition) is 0. The molecule has 1 unspecified atom stereocenters. The number of fused-ring (bicyclic) bond motifs is 1. The number of hydrogen-bond acceptors (Lipinski definition) is 5. The average molecular weight is 330 g/mol. The van der Waals surface area contributed by atoms with Crippen molar-refractivity contribution in [3.8, 4) is 0 Å². The summed E-state index contributed by atoms with van der Waals surface area (Å²) in [5.74, 6) is -3.07. The molecule has 8 atom stereocenters. The van der Waals surface area contributed by atoms with E-state index in [2.05, 4.69) is 6.58 Å². The second-order valence-electron chi connectivity index (χ2n) is 8.06. The number of Topliss-reactive ketones (excluding diaryl/α,β-unsaturated/α-hetero) is 3. The summed E-state index contributed by atoms with van der Waals surface area (Å²) in [4.78, 5) is 50.5. The number of allylic oxidation sites excluding steroid dienone is 1. The first-order chi connectivity index (χ1) is 11.3. The molecule has 5 fully saturated rings. The lowest BCUT2D eigenvalue weighted by molar-refractivity contribution is -0.161. The predicted octanol–water partition coefficient (Wildman–Crippen LogP) is 1.74. The highest BCUT2D eigenvalue weighted by Crippen LogP contribution is 2.58. The van der Waals surface area contributed by atoms with Gasteiger partial charge >= 0.3 is 5.97 Å². The first kappa shape index (κ1) is 15.7. The molecular weight excluding hydrogens is 308 g/mol. The van der Waals surface area contributed by atoms with E-state index in [4.69, 9.17) is 4.74 Å². The van der Waals surface area contributed by atoms with Crippen molar-refractivity contribution in [3.05, 3.63) is 12.2 Å². The van der Waals surface area contributed by atoms with Crippen LogP contribution in [0.15, 0.2) is 12.2 Å². The molecular formula is C19H22O5. The number of ketones is 3. The minimum atomic E-state index is -0.648. The van der Waals surface area contributed by atoms with Gasteiger partial charge < -0.3 is 4.74 Å². The van der Waals surface area contributed by atoms with Crippen molar-refractivity contribution in [2.75, 3.05) is 0 Å². The van der Waals surface area contributed by atoms with Crippen LogP contribution in [-0.2, 0) is 23.9 Å². The van der Waals surface area contributed by atoms with E-state index < -0.39 is 29.8 Å². The second-order valence-corrected chi connectivity index (χ2v) is 8.06. The van der Waals surface area contributed by atoms with Gasteiger partial charge in [-0.2, -0.15) is 0 Å². The molecule has 1 aliphatic heterocycles. The largest absolute Gasteiger partial charge is 0.461 e. The van der Waals surface area contributed by atoms with Crippen LogP contribution in [-0.4, -0.2) is 29.4 Å². The van der Waals surface area contributed by atoms with Gasteiger partial charge in [0.1, 0.15) is 23.5 Å². The molecule has 4 saturated carbocycles. The van der Waals surface area contributed by atoms with Crippen molar-refractivity contribution < 1.29 is 23.9 Å². The number of ether oxygens (including phenoxy) is 1. The molecule has 0 aromatic rings. The van der Waals surface area contributed by atoms with Crippen molar-refractivity contribution >= 4 is 23.3 Å². The van der Waals surface area contributed by atoms with E-state index >= 15 is 0 Å². The fourth-order valence-electron chi connectivity index (χ4n) is 5.82. The van der Waals surface area contributed by atoms with E-state index in [1.54, 1.807) is 0 Å². The van der Waals surface area contributed by atoms with E-state index in [0.717, 1.165) is 5.57 Å². The monoisotopic (exact) mass is 330 g/mol. The fourth-order valence-corrected chi connectivity index (χ4v) is 5.82. The van der Waals surface area contributed by atoms with E-state index in [1.165, 1.54) is 6.92 Å². The van der Waals surface area contributed by atoms with Gasteiger partial charge in [0.15, 0.2) is 0 Å². The van der Waals surface area contributed by atoms with Gasteiger partial charge in [-0.05, 0) is 32.1 Å². The maximum atomic E-state index is 12.9. The molecule has 4 aliphatic carbocycles. The summed E-state index contributed by atoms with van der Waals surface area (Å²) in [6.45, 7) is 7.33. The van der Waals surface area contributed by atoms with Gasteiger partial charge in [-0.25, -0.2) is 0 Å². The first-order valence-corrected chi connectivity index (χ1v) is 8.73. The van der Waals surface area contributed by atoms with Crippen molar-refractivity contribution in [1.29, 1.82) is 0 Å². The Balaban J connectivity index is 1.85. The molecule has 1 heterocycles. The Kier molecular flexibility index (Phi) is 3.35. The molecule has 5 aliphatic rings. The van der Waals surface area contributed by atoms with Crippen molar-refractivity contribution in [2.45, 2.75) is 39.2 Å². The zero-order chi connectivity index (χ0) is 17.3. The Morgan fingerprint density at radius 1 is 1.00 bits per heavy atom. The van der Waals surface area contributed by atoms with Crippen LogP contribution in [0.1, 0.15) is 33.1 Å². The Bertz CT molecular complexity index is 677. The third-order valence-electron chi connectivity index (χ3n) is 6.81. The molecule has 5 heteroatoms. The normalized spacial score (nSPS) is 46.3. The Morgan fingerprint density at radius 2 is 1.67 bits per heavy atom. The van der Waals surface area contributed by atoms with Gasteiger partial charge in [0.2, 0.25) is 0 Å². The highest BCUT2D eigenvalue weighted by atomic mass is 16.6. The van der Waals surface area contributed by atoms with Gasteiger partial charge in [-0.15, -0.1) is 0 Å². The van der Waals surface area contributed by atoms with Crippen LogP contribution in [0.25, 0.3) is 0 Å². The van der Waals surface area contributed by atoms with Gasteiger partial charge in [-0.1, -0.05) is 12.2 Å². The molecule has 0 radical (unpaired) electrons. The average Bonchev–Trinajstić information content (AvgIpc) is 2.66. The number of rotatable bonds is 2. The topological polar surface area (TPSA) is 77.5 Å². The third-order valence-corrected chi connectivity index (χ3v) is 6.81. The molecule has 0 spiro atoms. The van der Waals surface area contributed by atoms with Gasteiger partial charge in [0.25, 0.3) is 0 Å². The number of carbonyl (C=O) groups is 4. The minimum Gasteiger partial charge on any atom is -0.461 e. The Labute approximate surface area is 140 Å². The summed E-state index contributed by atoms with van der Waals surface area (Å²) < 4.78 is 5.56. The Morgan fingerprint density at radius 3 is 2.29 bits per heavy atom. The fraction of sp³-hybridized carbons (Fsp3) is 0.684. The van der Waals surface area contributed by atoms with E-state index in [9.17, 15) is 19.2 Å². The maximum absolute atomic E-state index is 12.9. The molecule has 24 heavy (non-hydrogen) atoms. The smallest absolute Gasteiger partial charge is 0.309 e. The lowest BCUT2D eigenvalue weighted by Crippen LogP contribution is -2.50.